The van der Waals surface area contributed by atoms with Crippen LogP contribution in [0.5, 0.6) is 0 Å². The fourth-order valence-corrected chi connectivity index (χ4v) is 3.62. The highest BCUT2D eigenvalue weighted by atomic mass is 19.1. The number of nitrogens with zero attached hydrogens (tertiary/aromatic N) is 4. The molecule has 6 nitrogen and oxygen atoms in total. The molecule has 0 aromatic carbocycles. The van der Waals surface area contributed by atoms with Gasteiger partial charge in [0, 0.05) is 19.5 Å². The molecule has 144 valence electrons. The van der Waals surface area contributed by atoms with Gasteiger partial charge in [-0.25, -0.2) is 14.4 Å². The van der Waals surface area contributed by atoms with Gasteiger partial charge in [0.2, 0.25) is 0 Å². The first-order valence-electron chi connectivity index (χ1n) is 10.0. The maximum atomic E-state index is 13.1. The Labute approximate surface area is 154 Å². The smallest absolute Gasteiger partial charge is 0.155 e. The van der Waals surface area contributed by atoms with Gasteiger partial charge in [0.1, 0.15) is 17.5 Å². The number of hydrogen-bond acceptors (Lipinski definition) is 5. The minimum absolute atomic E-state index is 0.473. The Kier molecular flexibility index (Phi) is 6.77. The molecular weight excluding hydrogens is 331 g/mol. The molecule has 1 aliphatic rings. The SMILES string of the molecule is CCCCc1nc(N)c2n[nH]c(CCCCCCN3CC[C@H](F)C3)c2n1. The molecule has 1 atom stereocenters. The topological polar surface area (TPSA) is 83.7 Å². The summed E-state index contributed by atoms with van der Waals surface area (Å²) in [5.41, 5.74) is 8.68. The van der Waals surface area contributed by atoms with Gasteiger partial charge in [0.25, 0.3) is 0 Å². The van der Waals surface area contributed by atoms with Crippen LogP contribution in [-0.4, -0.2) is 50.9 Å². The molecule has 2 aromatic rings. The van der Waals surface area contributed by atoms with Crippen LogP contribution in [-0.2, 0) is 12.8 Å². The average molecular weight is 362 g/mol. The standard InChI is InChI=1S/C19H31FN6/c1-2-3-9-16-22-17-15(24-25-18(17)19(21)23-16)8-6-4-5-7-11-26-12-10-14(20)13-26/h14H,2-13H2,1H3,(H,24,25)(H2,21,22,23)/t14-/m0/s1. The Balaban J connectivity index is 1.45. The molecule has 26 heavy (non-hydrogen) atoms. The third-order valence-corrected chi connectivity index (χ3v) is 5.17. The van der Waals surface area contributed by atoms with Crippen molar-refractivity contribution in [1.82, 2.24) is 25.1 Å². The third kappa shape index (κ3) is 4.90. The molecule has 0 radical (unpaired) electrons. The largest absolute Gasteiger partial charge is 0.382 e. The lowest BCUT2D eigenvalue weighted by atomic mass is 10.1. The van der Waals surface area contributed by atoms with E-state index in [4.69, 9.17) is 5.73 Å². The van der Waals surface area contributed by atoms with Gasteiger partial charge in [-0.05, 0) is 38.6 Å². The van der Waals surface area contributed by atoms with E-state index in [1.165, 1.54) is 6.42 Å². The summed E-state index contributed by atoms with van der Waals surface area (Å²) < 4.78 is 13.1. The van der Waals surface area contributed by atoms with Crippen LogP contribution >= 0.6 is 0 Å². The van der Waals surface area contributed by atoms with E-state index >= 15 is 0 Å². The van der Waals surface area contributed by atoms with E-state index in [0.29, 0.717) is 24.3 Å². The van der Waals surface area contributed by atoms with Crippen molar-refractivity contribution in [3.63, 3.8) is 0 Å². The normalized spacial score (nSPS) is 18.2. The lowest BCUT2D eigenvalue weighted by molar-refractivity contribution is 0.283. The third-order valence-electron chi connectivity index (χ3n) is 5.17. The van der Waals surface area contributed by atoms with Crippen molar-refractivity contribution in [2.45, 2.75) is 70.9 Å². The van der Waals surface area contributed by atoms with E-state index in [2.05, 4.69) is 32.0 Å². The molecule has 2 aromatic heterocycles. The fourth-order valence-electron chi connectivity index (χ4n) is 3.62. The van der Waals surface area contributed by atoms with E-state index < -0.39 is 6.17 Å². The number of aryl methyl sites for hydroxylation is 2. The van der Waals surface area contributed by atoms with Crippen molar-refractivity contribution in [2.24, 2.45) is 0 Å². The zero-order valence-corrected chi connectivity index (χ0v) is 15.8. The van der Waals surface area contributed by atoms with Crippen LogP contribution in [0.25, 0.3) is 11.0 Å². The second-order valence-electron chi connectivity index (χ2n) is 7.38. The van der Waals surface area contributed by atoms with Crippen LogP contribution < -0.4 is 5.73 Å². The summed E-state index contributed by atoms with van der Waals surface area (Å²) in [7, 11) is 0. The summed E-state index contributed by atoms with van der Waals surface area (Å²) in [6, 6.07) is 0. The Morgan fingerprint density at radius 1 is 1.12 bits per heavy atom. The average Bonchev–Trinajstić information content (AvgIpc) is 3.22. The number of unbranched alkanes of at least 4 members (excludes halogenated alkanes) is 4. The quantitative estimate of drug-likeness (QED) is 0.633. The number of likely N-dealkylation sites (tertiary alicyclic amines) is 1. The summed E-state index contributed by atoms with van der Waals surface area (Å²) >= 11 is 0. The molecule has 0 spiro atoms. The zero-order chi connectivity index (χ0) is 18.4. The number of aromatic amines is 1. The summed E-state index contributed by atoms with van der Waals surface area (Å²) in [5.74, 6) is 1.29. The number of nitrogen functional groups attached to an aromatic ring is 1. The predicted octanol–water partition coefficient (Wildman–Crippen LogP) is 3.42. The Morgan fingerprint density at radius 3 is 2.73 bits per heavy atom. The van der Waals surface area contributed by atoms with Gasteiger partial charge in [-0.1, -0.05) is 26.2 Å². The van der Waals surface area contributed by atoms with Crippen LogP contribution in [0.2, 0.25) is 0 Å². The number of rotatable bonds is 10. The lowest BCUT2D eigenvalue weighted by Crippen LogP contribution is -2.22. The number of fused-ring (bicyclic) bond motifs is 1. The Bertz CT molecular complexity index is 701. The van der Waals surface area contributed by atoms with Crippen LogP contribution in [0.4, 0.5) is 10.2 Å². The molecule has 0 amide bonds. The molecule has 0 unspecified atom stereocenters. The molecular formula is C19H31FN6. The number of alkyl halides is 1. The lowest BCUT2D eigenvalue weighted by Gasteiger charge is -2.13. The first kappa shape index (κ1) is 19.0. The molecule has 0 bridgehead atoms. The molecule has 0 aliphatic carbocycles. The minimum atomic E-state index is -0.611. The van der Waals surface area contributed by atoms with Gasteiger partial charge in [0.05, 0.1) is 5.69 Å². The molecule has 0 saturated carbocycles. The first-order valence-corrected chi connectivity index (χ1v) is 10.0. The number of aromatic nitrogens is 4. The Morgan fingerprint density at radius 2 is 1.96 bits per heavy atom. The van der Waals surface area contributed by atoms with Crippen LogP contribution in [0, 0.1) is 0 Å². The van der Waals surface area contributed by atoms with E-state index in [1.807, 2.05) is 0 Å². The maximum absolute atomic E-state index is 13.1. The van der Waals surface area contributed by atoms with Crippen molar-refractivity contribution >= 4 is 16.9 Å². The fraction of sp³-hybridized carbons (Fsp3) is 0.737. The second kappa shape index (κ2) is 9.26. The molecule has 3 N–H and O–H groups in total. The predicted molar refractivity (Wildman–Crippen MR) is 103 cm³/mol. The van der Waals surface area contributed by atoms with Gasteiger partial charge in [-0.3, -0.25) is 5.10 Å². The highest BCUT2D eigenvalue weighted by molar-refractivity contribution is 5.85. The van der Waals surface area contributed by atoms with Crippen LogP contribution in [0.15, 0.2) is 0 Å². The van der Waals surface area contributed by atoms with Crippen molar-refractivity contribution < 1.29 is 4.39 Å². The number of halogens is 1. The molecule has 1 fully saturated rings. The number of nitrogens with two attached hydrogens (primary N) is 1. The van der Waals surface area contributed by atoms with Gasteiger partial charge in [-0.2, -0.15) is 5.10 Å². The summed E-state index contributed by atoms with van der Waals surface area (Å²) in [4.78, 5) is 11.3. The van der Waals surface area contributed by atoms with Gasteiger partial charge in [-0.15, -0.1) is 0 Å². The Hall–Kier alpha value is -1.76. The van der Waals surface area contributed by atoms with Crippen LogP contribution in [0.1, 0.15) is 63.4 Å². The van der Waals surface area contributed by atoms with E-state index in [-0.39, 0.29) is 0 Å². The van der Waals surface area contributed by atoms with Gasteiger partial charge < -0.3 is 10.6 Å². The number of anilines is 1. The molecule has 3 heterocycles. The number of H-pyrrole nitrogens is 1. The van der Waals surface area contributed by atoms with Crippen molar-refractivity contribution in [1.29, 1.82) is 0 Å². The minimum Gasteiger partial charge on any atom is -0.382 e. The molecule has 3 rings (SSSR count). The monoisotopic (exact) mass is 362 g/mol. The maximum Gasteiger partial charge on any atom is 0.155 e. The van der Waals surface area contributed by atoms with Gasteiger partial charge >= 0.3 is 0 Å². The summed E-state index contributed by atoms with van der Waals surface area (Å²) in [6.45, 7) is 4.73. The molecule has 1 saturated heterocycles. The first-order chi connectivity index (χ1) is 12.7. The highest BCUT2D eigenvalue weighted by Gasteiger charge is 2.20. The number of nitrogens with one attached hydrogen (secondary N) is 1. The van der Waals surface area contributed by atoms with E-state index in [0.717, 1.165) is 75.1 Å². The van der Waals surface area contributed by atoms with Crippen molar-refractivity contribution in [3.05, 3.63) is 11.5 Å². The number of hydrogen-bond donors (Lipinski definition) is 2. The molecule has 1 aliphatic heterocycles. The summed E-state index contributed by atoms with van der Waals surface area (Å²) in [6.07, 6.45) is 8.65. The summed E-state index contributed by atoms with van der Waals surface area (Å²) in [5, 5.41) is 7.39. The highest BCUT2D eigenvalue weighted by Crippen LogP contribution is 2.21. The molecule has 7 heteroatoms. The van der Waals surface area contributed by atoms with E-state index in [9.17, 15) is 4.39 Å². The van der Waals surface area contributed by atoms with Crippen molar-refractivity contribution in [2.75, 3.05) is 25.4 Å². The van der Waals surface area contributed by atoms with Crippen molar-refractivity contribution in [3.8, 4) is 0 Å². The van der Waals surface area contributed by atoms with Crippen LogP contribution in [0.3, 0.4) is 0 Å². The van der Waals surface area contributed by atoms with Gasteiger partial charge in [0.15, 0.2) is 11.3 Å². The van der Waals surface area contributed by atoms with E-state index in [1.54, 1.807) is 0 Å². The zero-order valence-electron chi connectivity index (χ0n) is 15.8. The second-order valence-corrected chi connectivity index (χ2v) is 7.38.